The van der Waals surface area contributed by atoms with Crippen molar-refractivity contribution in [1.82, 2.24) is 4.90 Å². The summed E-state index contributed by atoms with van der Waals surface area (Å²) in [5, 5.41) is 15.8. The van der Waals surface area contributed by atoms with E-state index in [-0.39, 0.29) is 22.2 Å². The van der Waals surface area contributed by atoms with E-state index in [0.29, 0.717) is 46.1 Å². The minimum Gasteiger partial charge on any atom is -0.457 e. The molecular weight excluding hydrogens is 778 g/mol. The Kier molecular flexibility index (Phi) is 12.6. The first-order valence-corrected chi connectivity index (χ1v) is 20.9. The van der Waals surface area contributed by atoms with E-state index >= 15 is 0 Å². The Morgan fingerprint density at radius 3 is 2.34 bits per heavy atom. The highest BCUT2D eigenvalue weighted by Gasteiger charge is 2.31. The van der Waals surface area contributed by atoms with Gasteiger partial charge in [0, 0.05) is 89.2 Å². The van der Waals surface area contributed by atoms with Gasteiger partial charge < -0.3 is 19.7 Å². The van der Waals surface area contributed by atoms with Crippen LogP contribution in [0.2, 0.25) is 5.02 Å². The number of piperazine rings is 1. The molecule has 0 aromatic heterocycles. The Morgan fingerprint density at radius 2 is 1.66 bits per heavy atom. The van der Waals surface area contributed by atoms with Gasteiger partial charge in [-0.05, 0) is 95.6 Å². The number of halogens is 1. The van der Waals surface area contributed by atoms with Gasteiger partial charge in [0.05, 0.1) is 15.5 Å². The van der Waals surface area contributed by atoms with Crippen LogP contribution < -0.4 is 19.3 Å². The van der Waals surface area contributed by atoms with Gasteiger partial charge in [-0.2, -0.15) is 0 Å². The first-order valence-electron chi connectivity index (χ1n) is 19.1. The minimum atomic E-state index is -4.54. The maximum atomic E-state index is 13.9. The molecule has 2 heterocycles. The molecule has 14 heteroatoms. The standard InChI is InChI=1S/C44H44ClN5O7S/c1-31-7-12-38(48-23-21-47(22-24-48)30-35-5-3-4-6-41(35)34-8-10-36(45)11-9-34)27-44(31)57-39-15-13-37(14-16-39)49(32(2)51)58(54,55)40-17-18-42(43(28-40)50(52)53)46-29-33-19-25-56-26-20-33/h1,3-18,27-28,33,46H,19-26,29-30H2,2H3. The number of carbonyl (C=O) groups excluding carboxylic acids is 1. The molecule has 1 amide bonds. The van der Waals surface area contributed by atoms with E-state index in [0.717, 1.165) is 69.8 Å². The summed E-state index contributed by atoms with van der Waals surface area (Å²) in [7, 11) is -4.54. The Hall–Kier alpha value is -5.47. The molecule has 12 nitrogen and oxygen atoms in total. The van der Waals surface area contributed by atoms with Gasteiger partial charge in [0.25, 0.3) is 15.7 Å². The van der Waals surface area contributed by atoms with Crippen molar-refractivity contribution >= 4 is 50.3 Å². The highest BCUT2D eigenvalue weighted by atomic mass is 35.5. The normalized spacial score (nSPS) is 15.2. The molecule has 0 bridgehead atoms. The van der Waals surface area contributed by atoms with Crippen molar-refractivity contribution in [1.29, 1.82) is 0 Å². The van der Waals surface area contributed by atoms with Crippen molar-refractivity contribution < 1.29 is 27.6 Å². The summed E-state index contributed by atoms with van der Waals surface area (Å²) in [6.45, 7) is 13.3. The fourth-order valence-electron chi connectivity index (χ4n) is 7.33. The highest BCUT2D eigenvalue weighted by molar-refractivity contribution is 7.93. The van der Waals surface area contributed by atoms with Crippen molar-refractivity contribution in [2.75, 3.05) is 60.5 Å². The molecule has 2 saturated heterocycles. The van der Waals surface area contributed by atoms with E-state index in [1.54, 1.807) is 18.2 Å². The van der Waals surface area contributed by atoms with Crippen LogP contribution >= 0.6 is 11.6 Å². The van der Waals surface area contributed by atoms with Gasteiger partial charge in [-0.15, -0.1) is 0 Å². The average Bonchev–Trinajstić information content (AvgIpc) is 3.22. The Bertz CT molecular complexity index is 2360. The lowest BCUT2D eigenvalue weighted by molar-refractivity contribution is -0.384. The van der Waals surface area contributed by atoms with Crippen LogP contribution in [0.25, 0.3) is 11.1 Å². The lowest BCUT2D eigenvalue weighted by Crippen LogP contribution is -2.46. The summed E-state index contributed by atoms with van der Waals surface area (Å²) >= 11 is 6.13. The molecule has 2 aliphatic heterocycles. The molecule has 2 fully saturated rings. The zero-order valence-corrected chi connectivity index (χ0v) is 33.6. The predicted molar refractivity (Wildman–Crippen MR) is 226 cm³/mol. The van der Waals surface area contributed by atoms with Crippen molar-refractivity contribution in [2.45, 2.75) is 31.2 Å². The van der Waals surface area contributed by atoms with Gasteiger partial charge in [-0.3, -0.25) is 19.8 Å². The van der Waals surface area contributed by atoms with Gasteiger partial charge in [0.2, 0.25) is 5.91 Å². The van der Waals surface area contributed by atoms with E-state index in [1.165, 1.54) is 35.4 Å². The van der Waals surface area contributed by atoms with Gasteiger partial charge >= 0.3 is 0 Å². The van der Waals surface area contributed by atoms with E-state index in [2.05, 4.69) is 39.4 Å². The van der Waals surface area contributed by atoms with Crippen LogP contribution in [-0.4, -0.2) is 70.1 Å². The van der Waals surface area contributed by atoms with Gasteiger partial charge in [-0.1, -0.05) is 54.1 Å². The van der Waals surface area contributed by atoms with Gasteiger partial charge in [-0.25, -0.2) is 12.7 Å². The van der Waals surface area contributed by atoms with E-state index in [4.69, 9.17) is 28.0 Å². The largest absolute Gasteiger partial charge is 0.457 e. The number of anilines is 3. The molecule has 1 N–H and O–H groups in total. The number of nitrogens with one attached hydrogen (secondary N) is 1. The first-order chi connectivity index (χ1) is 28.0. The highest BCUT2D eigenvalue weighted by Crippen LogP contribution is 2.35. The molecule has 0 spiro atoms. The van der Waals surface area contributed by atoms with Crippen LogP contribution in [0.3, 0.4) is 0 Å². The predicted octanol–water partition coefficient (Wildman–Crippen LogP) is 8.67. The first kappa shape index (κ1) is 40.7. The second-order valence-electron chi connectivity index (χ2n) is 14.4. The quantitative estimate of drug-likeness (QED) is 0.0909. The fourth-order valence-corrected chi connectivity index (χ4v) is 8.91. The number of nitro benzene ring substituents is 1. The zero-order valence-electron chi connectivity index (χ0n) is 32.1. The fraction of sp³-hybridized carbons (Fsp3) is 0.273. The van der Waals surface area contributed by atoms with Crippen LogP contribution in [0.15, 0.2) is 114 Å². The second kappa shape index (κ2) is 18.0. The average molecular weight is 822 g/mol. The van der Waals surface area contributed by atoms with Crippen molar-refractivity contribution in [3.8, 4) is 22.6 Å². The van der Waals surface area contributed by atoms with Crippen molar-refractivity contribution in [3.05, 3.63) is 142 Å². The summed E-state index contributed by atoms with van der Waals surface area (Å²) in [4.78, 5) is 28.6. The number of amides is 1. The molecule has 5 aromatic rings. The van der Waals surface area contributed by atoms with Crippen molar-refractivity contribution in [3.63, 3.8) is 0 Å². The van der Waals surface area contributed by atoms with E-state index in [9.17, 15) is 23.3 Å². The summed E-state index contributed by atoms with van der Waals surface area (Å²) in [5.74, 6) is 0.285. The van der Waals surface area contributed by atoms with Gasteiger partial charge in [0.15, 0.2) is 0 Å². The van der Waals surface area contributed by atoms with Crippen LogP contribution in [0.5, 0.6) is 11.5 Å². The van der Waals surface area contributed by atoms with Gasteiger partial charge in [0.1, 0.15) is 17.2 Å². The van der Waals surface area contributed by atoms with E-state index < -0.39 is 26.5 Å². The van der Waals surface area contributed by atoms with Crippen LogP contribution in [0.1, 0.15) is 30.9 Å². The molecule has 5 aromatic carbocycles. The smallest absolute Gasteiger partial charge is 0.293 e. The zero-order chi connectivity index (χ0) is 40.8. The number of nitrogens with zero attached hydrogens (tertiary/aromatic N) is 4. The molecule has 300 valence electrons. The molecular formula is C44H44ClN5O7S. The Labute approximate surface area is 344 Å². The number of carbonyl (C=O) groups is 1. The summed E-state index contributed by atoms with van der Waals surface area (Å²) in [6, 6.07) is 31.6. The summed E-state index contributed by atoms with van der Waals surface area (Å²) in [5.41, 5.74) is 4.79. The number of benzene rings is 5. The Morgan fingerprint density at radius 1 is 0.948 bits per heavy atom. The number of rotatable bonds is 13. The summed E-state index contributed by atoms with van der Waals surface area (Å²) in [6.07, 6.45) is 1.65. The maximum absolute atomic E-state index is 13.9. The molecule has 2 radical (unpaired) electrons. The van der Waals surface area contributed by atoms with Crippen LogP contribution in [0, 0.1) is 23.0 Å². The molecule has 58 heavy (non-hydrogen) atoms. The third-order valence-corrected chi connectivity index (χ3v) is 12.6. The Balaban J connectivity index is 1.01. The second-order valence-corrected chi connectivity index (χ2v) is 16.6. The van der Waals surface area contributed by atoms with Crippen LogP contribution in [-0.2, 0) is 26.1 Å². The number of hydrogen-bond donors (Lipinski definition) is 1. The lowest BCUT2D eigenvalue weighted by atomic mass is 9.99. The third-order valence-electron chi connectivity index (χ3n) is 10.5. The summed E-state index contributed by atoms with van der Waals surface area (Å²) < 4.78 is 39.9. The van der Waals surface area contributed by atoms with Crippen molar-refractivity contribution in [2.24, 2.45) is 5.92 Å². The monoisotopic (exact) mass is 821 g/mol. The minimum absolute atomic E-state index is 0.0413. The molecule has 0 saturated carbocycles. The maximum Gasteiger partial charge on any atom is 0.293 e. The number of sulfonamides is 1. The SMILES string of the molecule is [CH]c1ccc(N2CCN(Cc3ccccc3-c3ccc(Cl)cc3)CC2)cc1Oc1ccc(N(C(C)=O)S(=O)(=O)c2ccc(NCC3CCOCC3)c([N+](=O)[O-])c2)cc1. The molecule has 2 aliphatic rings. The molecule has 7 rings (SSSR count). The topological polar surface area (TPSA) is 135 Å². The third kappa shape index (κ3) is 9.45. The number of hydrogen-bond acceptors (Lipinski definition) is 10. The number of nitro groups is 1. The number of ether oxygens (including phenoxy) is 2. The van der Waals surface area contributed by atoms with E-state index in [1.807, 2.05) is 36.4 Å². The lowest BCUT2D eigenvalue weighted by Gasteiger charge is -2.36. The molecule has 0 aliphatic carbocycles. The molecule has 0 atom stereocenters. The van der Waals surface area contributed by atoms with Crippen LogP contribution in [0.4, 0.5) is 22.7 Å². The molecule has 0 unspecified atom stereocenters.